The molecule has 1 aromatic carbocycles. The number of hydrogen-bond acceptors (Lipinski definition) is 5. The van der Waals surface area contributed by atoms with Crippen LogP contribution in [0.15, 0.2) is 47.1 Å². The van der Waals surface area contributed by atoms with Gasteiger partial charge in [0.05, 0.1) is 18.1 Å². The minimum atomic E-state index is -1.17. The number of carbonyl (C=O) groups is 4. The number of carboxylic acids is 1. The van der Waals surface area contributed by atoms with Gasteiger partial charge in [0.15, 0.2) is 5.78 Å². The SMILES string of the molecule is C[SH+]CCC1CC([C@@]23CC[C@]4(C)C(CC[C@@H]5[C@@]6(C)CCC(OC(=O)CC(C)(C)C(=O)O)C(C)(C)[C@@H]6CC[C@]54C)C2=C(C(C)C)C(=O)C3)=CC(=O)N1c1ccc(C2CC2)cc1. The second-order valence-electron chi connectivity index (χ2n) is 22.9. The molecule has 6 aliphatic carbocycles. The highest BCUT2D eigenvalue weighted by Gasteiger charge is 2.70. The van der Waals surface area contributed by atoms with E-state index in [0.29, 0.717) is 30.0 Å². The highest BCUT2D eigenvalue weighted by Crippen LogP contribution is 2.77. The van der Waals surface area contributed by atoms with Crippen LogP contribution in [0.5, 0.6) is 0 Å². The summed E-state index contributed by atoms with van der Waals surface area (Å²) in [5.41, 5.74) is 4.41. The number of allylic oxidation sites excluding steroid dienone is 2. The first kappa shape index (κ1) is 43.8. The van der Waals surface area contributed by atoms with Crippen molar-refractivity contribution in [3.63, 3.8) is 0 Å². The van der Waals surface area contributed by atoms with E-state index in [1.54, 1.807) is 13.8 Å². The van der Waals surface area contributed by atoms with Gasteiger partial charge < -0.3 is 14.7 Å². The molecule has 0 bridgehead atoms. The molecule has 8 rings (SSSR count). The van der Waals surface area contributed by atoms with Gasteiger partial charge in [0.1, 0.15) is 11.9 Å². The fraction of sp³-hybridized carbons (Fsp3) is 0.731. The second-order valence-corrected chi connectivity index (χ2v) is 24.0. The number of carbonyl (C=O) groups excluding carboxylic acids is 3. The van der Waals surface area contributed by atoms with E-state index < -0.39 is 17.4 Å². The van der Waals surface area contributed by atoms with Gasteiger partial charge in [0.25, 0.3) is 5.91 Å². The number of nitrogens with zero attached hydrogens (tertiary/aromatic N) is 1. The summed E-state index contributed by atoms with van der Waals surface area (Å²) in [5, 5.41) is 9.68. The number of carboxylic acid groups (broad SMARTS) is 1. The number of aliphatic carboxylic acids is 1. The zero-order chi connectivity index (χ0) is 43.4. The van der Waals surface area contributed by atoms with Gasteiger partial charge in [-0.25, -0.2) is 0 Å². The van der Waals surface area contributed by atoms with E-state index in [2.05, 4.69) is 83.9 Å². The van der Waals surface area contributed by atoms with Crippen LogP contribution in [-0.4, -0.2) is 52.9 Å². The highest BCUT2D eigenvalue weighted by molar-refractivity contribution is 7.77. The monoisotopic (exact) mass is 841 g/mol. The van der Waals surface area contributed by atoms with Gasteiger partial charge >= 0.3 is 11.9 Å². The Hall–Kier alpha value is -2.87. The quantitative estimate of drug-likeness (QED) is 0.135. The van der Waals surface area contributed by atoms with Gasteiger partial charge in [-0.2, -0.15) is 0 Å². The van der Waals surface area contributed by atoms with Crippen molar-refractivity contribution in [1.29, 1.82) is 0 Å². The highest BCUT2D eigenvalue weighted by atomic mass is 32.2. The minimum Gasteiger partial charge on any atom is -0.481 e. The molecule has 0 radical (unpaired) electrons. The van der Waals surface area contributed by atoms with Crippen molar-refractivity contribution in [2.45, 2.75) is 170 Å². The van der Waals surface area contributed by atoms with Crippen LogP contribution in [-0.2, 0) is 35.7 Å². The third-order valence-corrected chi connectivity index (χ3v) is 19.4. The lowest BCUT2D eigenvalue weighted by molar-refractivity contribution is -0.233. The number of Topliss-reactive ketones (excluding diaryl/α,β-unsaturated/α-hetero) is 1. The summed E-state index contributed by atoms with van der Waals surface area (Å²) in [6.45, 7) is 19.9. The van der Waals surface area contributed by atoms with Gasteiger partial charge in [-0.05, 0) is 171 Å². The molecule has 5 saturated carbocycles. The summed E-state index contributed by atoms with van der Waals surface area (Å²) in [4.78, 5) is 56.3. The lowest BCUT2D eigenvalue weighted by atomic mass is 9.32. The third-order valence-electron chi connectivity index (χ3n) is 18.7. The van der Waals surface area contributed by atoms with Crippen LogP contribution in [0, 0.1) is 56.2 Å². The average Bonchev–Trinajstić information content (AvgIpc) is 3.97. The topological polar surface area (TPSA) is 101 Å². The van der Waals surface area contributed by atoms with Crippen LogP contribution in [0.25, 0.3) is 0 Å². The molecule has 7 aliphatic rings. The van der Waals surface area contributed by atoms with Crippen LogP contribution in [0.3, 0.4) is 0 Å². The predicted molar refractivity (Wildman–Crippen MR) is 242 cm³/mol. The molecule has 0 spiro atoms. The standard InChI is InChI=1S/C52H73NO6S/c1-31(2)44-38(54)29-52(34-27-36(21-26-60-10)53(42(55)28-34)35-15-13-33(14-16-35)32-11-12-32)25-24-50(8)37(45(44)52)17-18-40-49(7)22-20-41(59-43(56)30-47(3,4)46(57)58)48(5,6)39(49)19-23-51(40,50)9/h13-16,28,31-32,36-37,39-41H,11-12,17-27,29-30H2,1-10H3,(H,57,58)/p+1/t36?,37?,39-,40+,41?,49-,50+,51+,52-/m0/s1. The first-order valence-electron chi connectivity index (χ1n) is 23.5. The van der Waals surface area contributed by atoms with Crippen molar-refractivity contribution >= 4 is 41.1 Å². The van der Waals surface area contributed by atoms with E-state index in [1.807, 2.05) is 6.08 Å². The number of hydrogen-bond donors (Lipinski definition) is 1. The summed E-state index contributed by atoms with van der Waals surface area (Å²) in [6.07, 6.45) is 16.7. The molecule has 1 amide bonds. The molecule has 1 aliphatic heterocycles. The van der Waals surface area contributed by atoms with E-state index in [9.17, 15) is 24.3 Å². The number of thiol groups is 1. The smallest absolute Gasteiger partial charge is 0.309 e. The maximum absolute atomic E-state index is 14.6. The molecule has 8 heteroatoms. The zero-order valence-corrected chi connectivity index (χ0v) is 39.3. The van der Waals surface area contributed by atoms with E-state index in [1.165, 1.54) is 41.3 Å². The summed E-state index contributed by atoms with van der Waals surface area (Å²) in [6, 6.07) is 8.88. The Morgan fingerprint density at radius 3 is 2.23 bits per heavy atom. The number of ketones is 1. The first-order valence-corrected chi connectivity index (χ1v) is 25.1. The van der Waals surface area contributed by atoms with Crippen LogP contribution in [0.1, 0.15) is 164 Å². The number of benzene rings is 1. The Bertz CT molecular complexity index is 1990. The van der Waals surface area contributed by atoms with Crippen LogP contribution >= 0.6 is 0 Å². The van der Waals surface area contributed by atoms with Crippen LogP contribution in [0.2, 0.25) is 0 Å². The summed E-state index contributed by atoms with van der Waals surface area (Å²) in [5.74, 6) is 1.99. The van der Waals surface area contributed by atoms with Crippen molar-refractivity contribution < 1.29 is 29.0 Å². The minimum absolute atomic E-state index is 0.00156. The Balaban J connectivity index is 1.10. The molecular weight excluding hydrogens is 767 g/mol. The summed E-state index contributed by atoms with van der Waals surface area (Å²) >= 11 is 1.34. The van der Waals surface area contributed by atoms with Crippen LogP contribution in [0.4, 0.5) is 5.69 Å². The molecule has 1 aromatic rings. The van der Waals surface area contributed by atoms with E-state index in [4.69, 9.17) is 4.74 Å². The van der Waals surface area contributed by atoms with Crippen molar-refractivity contribution in [2.24, 2.45) is 56.2 Å². The van der Waals surface area contributed by atoms with Crippen molar-refractivity contribution in [3.05, 3.63) is 52.6 Å². The van der Waals surface area contributed by atoms with Crippen molar-refractivity contribution in [3.8, 4) is 0 Å². The molecule has 1 heterocycles. The first-order chi connectivity index (χ1) is 28.1. The Kier molecular flexibility index (Phi) is 11.0. The largest absolute Gasteiger partial charge is 0.481 e. The van der Waals surface area contributed by atoms with Crippen molar-refractivity contribution in [2.75, 3.05) is 16.9 Å². The molecule has 0 saturated heterocycles. The molecule has 9 atom stereocenters. The van der Waals surface area contributed by atoms with E-state index >= 15 is 0 Å². The fourth-order valence-electron chi connectivity index (χ4n) is 15.2. The summed E-state index contributed by atoms with van der Waals surface area (Å²) < 4.78 is 6.22. The Morgan fingerprint density at radius 2 is 1.60 bits per heavy atom. The maximum Gasteiger partial charge on any atom is 0.309 e. The molecule has 0 aromatic heterocycles. The Morgan fingerprint density at radius 1 is 0.900 bits per heavy atom. The van der Waals surface area contributed by atoms with Gasteiger partial charge in [-0.1, -0.05) is 66.2 Å². The predicted octanol–water partition coefficient (Wildman–Crippen LogP) is 10.8. The molecule has 7 nitrogen and oxygen atoms in total. The van der Waals surface area contributed by atoms with Gasteiger partial charge in [0, 0.05) is 41.5 Å². The average molecular weight is 841 g/mol. The maximum atomic E-state index is 14.6. The lowest BCUT2D eigenvalue weighted by Crippen LogP contribution is -2.66. The zero-order valence-electron chi connectivity index (χ0n) is 38.4. The number of rotatable bonds is 11. The number of ether oxygens (including phenoxy) is 1. The van der Waals surface area contributed by atoms with Gasteiger partial charge in [-0.3, -0.25) is 19.2 Å². The lowest BCUT2D eigenvalue weighted by Gasteiger charge is -2.72. The van der Waals surface area contributed by atoms with E-state index in [-0.39, 0.29) is 63.4 Å². The summed E-state index contributed by atoms with van der Waals surface area (Å²) in [7, 11) is 0. The number of anilines is 1. The third kappa shape index (κ3) is 6.71. The van der Waals surface area contributed by atoms with E-state index in [0.717, 1.165) is 81.2 Å². The number of fused-ring (bicyclic) bond motifs is 7. The van der Waals surface area contributed by atoms with Crippen molar-refractivity contribution in [1.82, 2.24) is 0 Å². The van der Waals surface area contributed by atoms with Gasteiger partial charge in [0.2, 0.25) is 0 Å². The number of amides is 1. The normalized spacial score (nSPS) is 37.5. The molecular formula is C52H74NO6S+. The number of esters is 1. The molecule has 328 valence electrons. The fourth-order valence-corrected chi connectivity index (χ4v) is 15.7. The van der Waals surface area contributed by atoms with Gasteiger partial charge in [-0.15, -0.1) is 0 Å². The molecule has 3 unspecified atom stereocenters. The molecule has 60 heavy (non-hydrogen) atoms. The van der Waals surface area contributed by atoms with Crippen LogP contribution < -0.4 is 4.90 Å². The second kappa shape index (κ2) is 15.1. The molecule has 1 N–H and O–H groups in total. The Labute approximate surface area is 364 Å². The molecule has 5 fully saturated rings.